The van der Waals surface area contributed by atoms with Gasteiger partial charge in [-0.3, -0.25) is 9.59 Å². The molecule has 9 heteroatoms. The van der Waals surface area contributed by atoms with Gasteiger partial charge in [0.25, 0.3) is 5.56 Å². The highest BCUT2D eigenvalue weighted by Gasteiger charge is 2.21. The maximum Gasteiger partial charge on any atom is 0.275 e. The average molecular weight is 527 g/mol. The number of nitrogens with zero attached hydrogens (tertiary/aromatic N) is 5. The molecular weight excluding hydrogens is 496 g/mol. The van der Waals surface area contributed by atoms with Crippen LogP contribution in [0.2, 0.25) is 0 Å². The van der Waals surface area contributed by atoms with E-state index in [4.69, 9.17) is 5.73 Å². The number of aromatic nitrogens is 3. The van der Waals surface area contributed by atoms with Crippen LogP contribution in [0.25, 0.3) is 28.0 Å². The fraction of sp³-hybridized carbons (Fsp3) is 0.276. The summed E-state index contributed by atoms with van der Waals surface area (Å²) in [5.74, 6) is 0.434. The summed E-state index contributed by atoms with van der Waals surface area (Å²) in [7, 11) is 0. The van der Waals surface area contributed by atoms with Crippen LogP contribution in [0.15, 0.2) is 69.5 Å². The molecule has 0 bridgehead atoms. The minimum atomic E-state index is -0.147. The monoisotopic (exact) mass is 526 g/mol. The van der Waals surface area contributed by atoms with E-state index in [0.29, 0.717) is 29.8 Å². The molecule has 2 N–H and O–H groups in total. The number of carbonyl (C=O) groups excluding carboxylic acids is 1. The molecule has 2 aromatic heterocycles. The molecule has 0 fully saturated rings. The number of aliphatic imine (C=N–C) groups is 1. The van der Waals surface area contributed by atoms with Crippen molar-refractivity contribution in [3.05, 3.63) is 80.7 Å². The fourth-order valence-electron chi connectivity index (χ4n) is 4.70. The van der Waals surface area contributed by atoms with Crippen molar-refractivity contribution >= 4 is 45.6 Å². The Morgan fingerprint density at radius 1 is 1.11 bits per heavy atom. The van der Waals surface area contributed by atoms with Gasteiger partial charge in [-0.25, -0.2) is 14.7 Å². The number of hydrogen-bond acceptors (Lipinski definition) is 7. The van der Waals surface area contributed by atoms with Crippen LogP contribution < -0.4 is 11.3 Å². The topological polar surface area (TPSA) is 106 Å². The zero-order valence-electron chi connectivity index (χ0n) is 21.6. The van der Waals surface area contributed by atoms with E-state index >= 15 is 0 Å². The first-order valence-corrected chi connectivity index (χ1v) is 13.7. The summed E-state index contributed by atoms with van der Waals surface area (Å²) >= 11 is 1.50. The second kappa shape index (κ2) is 11.1. The van der Waals surface area contributed by atoms with Crippen molar-refractivity contribution in [3.8, 4) is 11.1 Å². The molecule has 0 atom stereocenters. The van der Waals surface area contributed by atoms with Gasteiger partial charge in [-0.05, 0) is 48.2 Å². The van der Waals surface area contributed by atoms with Crippen LogP contribution >= 0.6 is 11.3 Å². The quantitative estimate of drug-likeness (QED) is 0.348. The first-order valence-electron chi connectivity index (χ1n) is 12.8. The molecule has 0 aliphatic carbocycles. The van der Waals surface area contributed by atoms with Crippen LogP contribution in [0.4, 0.5) is 5.69 Å². The first kappa shape index (κ1) is 25.5. The maximum absolute atomic E-state index is 13.3. The summed E-state index contributed by atoms with van der Waals surface area (Å²) in [5.41, 5.74) is 10.2. The molecule has 4 aromatic rings. The van der Waals surface area contributed by atoms with Crippen molar-refractivity contribution in [2.24, 2.45) is 10.7 Å². The molecule has 1 aliphatic heterocycles. The molecule has 0 spiro atoms. The third kappa shape index (κ3) is 5.28. The number of fused-ring (bicyclic) bond motifs is 2. The van der Waals surface area contributed by atoms with Gasteiger partial charge >= 0.3 is 0 Å². The van der Waals surface area contributed by atoms with Gasteiger partial charge in [0.1, 0.15) is 10.8 Å². The van der Waals surface area contributed by atoms with Crippen molar-refractivity contribution < 1.29 is 4.79 Å². The van der Waals surface area contributed by atoms with Crippen LogP contribution in [0.5, 0.6) is 0 Å². The SMILES string of the molecule is CCCN(CCC)C(=O)C1=Cc2ccc(-c3ccc4c(=O)n(Cc5nccs5)ncc4c3)cc2N=C(N)C1. The Morgan fingerprint density at radius 2 is 1.87 bits per heavy atom. The van der Waals surface area contributed by atoms with Gasteiger partial charge in [0, 0.05) is 47.6 Å². The Labute approximate surface area is 225 Å². The highest BCUT2D eigenvalue weighted by atomic mass is 32.1. The third-order valence-electron chi connectivity index (χ3n) is 6.50. The van der Waals surface area contributed by atoms with Crippen molar-refractivity contribution in [2.45, 2.75) is 39.7 Å². The van der Waals surface area contributed by atoms with Gasteiger partial charge in [0.15, 0.2) is 0 Å². The van der Waals surface area contributed by atoms with Gasteiger partial charge in [-0.2, -0.15) is 5.10 Å². The molecule has 0 radical (unpaired) electrons. The lowest BCUT2D eigenvalue weighted by Crippen LogP contribution is -2.34. The Balaban J connectivity index is 1.46. The molecule has 0 saturated heterocycles. The number of nitrogens with two attached hydrogens (primary N) is 1. The van der Waals surface area contributed by atoms with E-state index in [9.17, 15) is 9.59 Å². The second-order valence-corrected chi connectivity index (χ2v) is 10.3. The minimum absolute atomic E-state index is 0.0197. The number of amides is 1. The molecular formula is C29H30N6O2S. The molecule has 38 heavy (non-hydrogen) atoms. The Kier molecular flexibility index (Phi) is 7.46. The lowest BCUT2D eigenvalue weighted by Gasteiger charge is -2.22. The largest absolute Gasteiger partial charge is 0.387 e. The lowest BCUT2D eigenvalue weighted by atomic mass is 9.99. The Morgan fingerprint density at radius 3 is 2.61 bits per heavy atom. The summed E-state index contributed by atoms with van der Waals surface area (Å²) < 4.78 is 1.44. The summed E-state index contributed by atoms with van der Waals surface area (Å²) in [5, 5.41) is 8.45. The fourth-order valence-corrected chi connectivity index (χ4v) is 5.30. The zero-order valence-corrected chi connectivity index (χ0v) is 22.4. The smallest absolute Gasteiger partial charge is 0.275 e. The predicted octanol–water partition coefficient (Wildman–Crippen LogP) is 4.99. The van der Waals surface area contributed by atoms with Crippen LogP contribution in [0.3, 0.4) is 0 Å². The van der Waals surface area contributed by atoms with E-state index in [-0.39, 0.29) is 11.5 Å². The predicted molar refractivity (Wildman–Crippen MR) is 154 cm³/mol. The van der Waals surface area contributed by atoms with Gasteiger partial charge in [-0.15, -0.1) is 11.3 Å². The summed E-state index contributed by atoms with van der Waals surface area (Å²) in [6, 6.07) is 11.7. The maximum atomic E-state index is 13.3. The van der Waals surface area contributed by atoms with Gasteiger partial charge in [-0.1, -0.05) is 32.0 Å². The van der Waals surface area contributed by atoms with E-state index in [2.05, 4.69) is 28.9 Å². The zero-order chi connectivity index (χ0) is 26.6. The Bertz CT molecular complexity index is 1600. The summed E-state index contributed by atoms with van der Waals surface area (Å²) in [4.78, 5) is 37.0. The number of benzene rings is 2. The first-order chi connectivity index (χ1) is 18.5. The van der Waals surface area contributed by atoms with Crippen LogP contribution in [0.1, 0.15) is 43.7 Å². The number of thiazole rings is 1. The van der Waals surface area contributed by atoms with Crippen LogP contribution in [-0.4, -0.2) is 44.5 Å². The van der Waals surface area contributed by atoms with E-state index < -0.39 is 0 Å². The van der Waals surface area contributed by atoms with Gasteiger partial charge < -0.3 is 10.6 Å². The van der Waals surface area contributed by atoms with Crippen LogP contribution in [0, 0.1) is 0 Å². The molecule has 2 aromatic carbocycles. The molecule has 194 valence electrons. The average Bonchev–Trinajstić information content (AvgIpc) is 3.37. The number of carbonyl (C=O) groups is 1. The van der Waals surface area contributed by atoms with Crippen LogP contribution in [-0.2, 0) is 11.3 Å². The number of amidine groups is 1. The van der Waals surface area contributed by atoms with Crippen molar-refractivity contribution in [1.82, 2.24) is 19.7 Å². The second-order valence-electron chi connectivity index (χ2n) is 9.35. The normalized spacial score (nSPS) is 13.0. The Hall–Kier alpha value is -4.11. The van der Waals surface area contributed by atoms with Crippen molar-refractivity contribution in [1.29, 1.82) is 0 Å². The molecule has 1 amide bonds. The lowest BCUT2D eigenvalue weighted by molar-refractivity contribution is -0.127. The third-order valence-corrected chi connectivity index (χ3v) is 7.26. The van der Waals surface area contributed by atoms with Gasteiger partial charge in [0.2, 0.25) is 5.91 Å². The highest BCUT2D eigenvalue weighted by Crippen LogP contribution is 2.33. The molecule has 0 saturated carbocycles. The molecule has 3 heterocycles. The van der Waals surface area contributed by atoms with E-state index in [1.54, 1.807) is 12.4 Å². The van der Waals surface area contributed by atoms with E-state index in [0.717, 1.165) is 58.7 Å². The van der Waals surface area contributed by atoms with E-state index in [1.165, 1.54) is 16.0 Å². The standard InChI is InChI=1S/C29H30N6O2S/c1-3-10-34(11-4-2)28(36)22-14-21-6-5-20(15-25(21)33-26(30)16-22)19-7-8-24-23(13-19)17-32-35(29(24)37)18-27-31-9-12-38-27/h5-9,12-15,17H,3-4,10-11,16,18H2,1-2H3,(H2,30,33). The highest BCUT2D eigenvalue weighted by molar-refractivity contribution is 7.09. The molecule has 8 nitrogen and oxygen atoms in total. The van der Waals surface area contributed by atoms with Crippen molar-refractivity contribution in [2.75, 3.05) is 13.1 Å². The number of rotatable bonds is 8. The minimum Gasteiger partial charge on any atom is -0.387 e. The molecule has 0 unspecified atom stereocenters. The van der Waals surface area contributed by atoms with Crippen molar-refractivity contribution in [3.63, 3.8) is 0 Å². The van der Waals surface area contributed by atoms with Gasteiger partial charge in [0.05, 0.1) is 23.8 Å². The van der Waals surface area contributed by atoms with E-state index in [1.807, 2.05) is 52.8 Å². The number of hydrogen-bond donors (Lipinski definition) is 1. The summed E-state index contributed by atoms with van der Waals surface area (Å²) in [6.07, 6.45) is 7.48. The molecule has 5 rings (SSSR count). The molecule has 1 aliphatic rings. The summed E-state index contributed by atoms with van der Waals surface area (Å²) in [6.45, 7) is 5.95.